The van der Waals surface area contributed by atoms with Crippen molar-refractivity contribution in [3.63, 3.8) is 0 Å². The maximum Gasteiger partial charge on any atom is 0.323 e. The van der Waals surface area contributed by atoms with Crippen LogP contribution < -0.4 is 5.32 Å². The molecule has 0 aliphatic carbocycles. The second-order valence-electron chi connectivity index (χ2n) is 7.21. The molecule has 1 aliphatic heterocycles. The molecule has 2 aromatic rings. The van der Waals surface area contributed by atoms with Crippen molar-refractivity contribution in [2.45, 2.75) is 38.8 Å². The van der Waals surface area contributed by atoms with Gasteiger partial charge in [0.15, 0.2) is 0 Å². The minimum Gasteiger partial charge on any atom is -0.468 e. The number of nitrogens with zero attached hydrogens (tertiary/aromatic N) is 1. The Kier molecular flexibility index (Phi) is 5.91. The molecule has 27 heavy (non-hydrogen) atoms. The van der Waals surface area contributed by atoms with E-state index in [9.17, 15) is 9.59 Å². The van der Waals surface area contributed by atoms with Gasteiger partial charge < -0.3 is 10.1 Å². The molecule has 0 saturated heterocycles. The van der Waals surface area contributed by atoms with E-state index in [1.165, 1.54) is 7.11 Å². The Morgan fingerprint density at radius 2 is 1.78 bits per heavy atom. The first-order valence-corrected chi connectivity index (χ1v) is 9.27. The minimum atomic E-state index is -0.448. The second-order valence-corrected chi connectivity index (χ2v) is 7.21. The summed E-state index contributed by atoms with van der Waals surface area (Å²) in [4.78, 5) is 26.9. The first-order valence-electron chi connectivity index (χ1n) is 9.27. The molecular weight excluding hydrogens is 340 g/mol. The summed E-state index contributed by atoms with van der Waals surface area (Å²) in [5.41, 5.74) is 4.20. The first-order chi connectivity index (χ1) is 13.0. The van der Waals surface area contributed by atoms with E-state index in [0.717, 1.165) is 22.4 Å². The maximum atomic E-state index is 12.7. The number of methoxy groups -OCH3 is 1. The van der Waals surface area contributed by atoms with E-state index < -0.39 is 6.04 Å². The summed E-state index contributed by atoms with van der Waals surface area (Å²) < 4.78 is 4.97. The SMILES string of the molecule is COC(=O)[C@@H]1Cc2ccccc2CN1CC(=O)Nc1ccccc1C(C)C. The molecule has 0 bridgehead atoms. The maximum absolute atomic E-state index is 12.7. The summed E-state index contributed by atoms with van der Waals surface area (Å²) in [6.07, 6.45) is 0.554. The molecule has 0 aromatic heterocycles. The van der Waals surface area contributed by atoms with Gasteiger partial charge in [-0.1, -0.05) is 56.3 Å². The molecule has 2 aromatic carbocycles. The summed E-state index contributed by atoms with van der Waals surface area (Å²) in [7, 11) is 1.39. The van der Waals surface area contributed by atoms with Crippen LogP contribution in [0.2, 0.25) is 0 Å². The molecule has 1 N–H and O–H groups in total. The fourth-order valence-electron chi connectivity index (χ4n) is 3.60. The van der Waals surface area contributed by atoms with E-state index in [-0.39, 0.29) is 18.4 Å². The number of rotatable bonds is 5. The van der Waals surface area contributed by atoms with Gasteiger partial charge >= 0.3 is 5.97 Å². The van der Waals surface area contributed by atoms with Gasteiger partial charge in [-0.25, -0.2) is 0 Å². The molecule has 1 aliphatic rings. The lowest BCUT2D eigenvalue weighted by atomic mass is 9.94. The van der Waals surface area contributed by atoms with Crippen LogP contribution in [0.25, 0.3) is 0 Å². The summed E-state index contributed by atoms with van der Waals surface area (Å²) >= 11 is 0. The standard InChI is InChI=1S/C22H26N2O3/c1-15(2)18-10-6-7-11-19(18)23-21(25)14-24-13-17-9-5-4-8-16(17)12-20(24)22(26)27-3/h4-11,15,20H,12-14H2,1-3H3,(H,23,25)/t20-/m0/s1. The third kappa shape index (κ3) is 4.37. The van der Waals surface area contributed by atoms with Gasteiger partial charge in [-0.3, -0.25) is 14.5 Å². The fraction of sp³-hybridized carbons (Fsp3) is 0.364. The van der Waals surface area contributed by atoms with Crippen LogP contribution in [0.5, 0.6) is 0 Å². The molecule has 1 amide bonds. The number of benzene rings is 2. The highest BCUT2D eigenvalue weighted by molar-refractivity contribution is 5.93. The van der Waals surface area contributed by atoms with E-state index in [2.05, 4.69) is 19.2 Å². The molecule has 0 unspecified atom stereocenters. The zero-order chi connectivity index (χ0) is 19.4. The average Bonchev–Trinajstić information content (AvgIpc) is 2.67. The first kappa shape index (κ1) is 19.1. The van der Waals surface area contributed by atoms with Gasteiger partial charge in [-0.15, -0.1) is 0 Å². The van der Waals surface area contributed by atoms with Crippen molar-refractivity contribution < 1.29 is 14.3 Å². The van der Waals surface area contributed by atoms with Crippen molar-refractivity contribution in [3.05, 3.63) is 65.2 Å². The molecule has 0 spiro atoms. The number of nitrogens with one attached hydrogen (secondary N) is 1. The van der Waals surface area contributed by atoms with Gasteiger partial charge in [0.1, 0.15) is 6.04 Å². The third-order valence-electron chi connectivity index (χ3n) is 5.02. The van der Waals surface area contributed by atoms with E-state index in [4.69, 9.17) is 4.74 Å². The van der Waals surface area contributed by atoms with Crippen LogP contribution in [-0.2, 0) is 27.3 Å². The lowest BCUT2D eigenvalue weighted by molar-refractivity contribution is -0.148. The van der Waals surface area contributed by atoms with Gasteiger partial charge in [-0.05, 0) is 35.1 Å². The number of ether oxygens (including phenoxy) is 1. The van der Waals surface area contributed by atoms with Crippen LogP contribution in [0.4, 0.5) is 5.69 Å². The van der Waals surface area contributed by atoms with Gasteiger partial charge in [-0.2, -0.15) is 0 Å². The second kappa shape index (κ2) is 8.35. The molecule has 0 fully saturated rings. The number of carbonyl (C=O) groups is 2. The Hall–Kier alpha value is -2.66. The lowest BCUT2D eigenvalue weighted by Gasteiger charge is -2.34. The van der Waals surface area contributed by atoms with Crippen LogP contribution in [-0.4, -0.2) is 36.5 Å². The van der Waals surface area contributed by atoms with Crippen LogP contribution in [0.1, 0.15) is 36.5 Å². The zero-order valence-corrected chi connectivity index (χ0v) is 16.1. The number of hydrogen-bond acceptors (Lipinski definition) is 4. The number of fused-ring (bicyclic) bond motifs is 1. The number of para-hydroxylation sites is 1. The molecule has 142 valence electrons. The molecule has 0 saturated carbocycles. The number of amides is 1. The van der Waals surface area contributed by atoms with Crippen molar-refractivity contribution >= 4 is 17.6 Å². The summed E-state index contributed by atoms with van der Waals surface area (Å²) in [6.45, 7) is 4.88. The average molecular weight is 366 g/mol. The highest BCUT2D eigenvalue weighted by Gasteiger charge is 2.33. The summed E-state index contributed by atoms with van der Waals surface area (Å²) in [6, 6.07) is 15.4. The Labute approximate surface area is 160 Å². The lowest BCUT2D eigenvalue weighted by Crippen LogP contribution is -2.49. The number of hydrogen-bond donors (Lipinski definition) is 1. The Morgan fingerprint density at radius 3 is 2.48 bits per heavy atom. The summed E-state index contributed by atoms with van der Waals surface area (Å²) in [5, 5.41) is 3.01. The van der Waals surface area contributed by atoms with Gasteiger partial charge in [0.05, 0.1) is 13.7 Å². The molecule has 3 rings (SSSR count). The van der Waals surface area contributed by atoms with E-state index in [1.54, 1.807) is 0 Å². The normalized spacial score (nSPS) is 16.7. The quantitative estimate of drug-likeness (QED) is 0.825. The number of esters is 1. The third-order valence-corrected chi connectivity index (χ3v) is 5.02. The zero-order valence-electron chi connectivity index (χ0n) is 16.1. The van der Waals surface area contributed by atoms with Crippen LogP contribution in [0, 0.1) is 0 Å². The molecule has 5 heteroatoms. The Balaban J connectivity index is 1.76. The molecular formula is C22H26N2O3. The van der Waals surface area contributed by atoms with Crippen molar-refractivity contribution in [2.75, 3.05) is 19.0 Å². The van der Waals surface area contributed by atoms with Crippen molar-refractivity contribution in [1.29, 1.82) is 0 Å². The van der Waals surface area contributed by atoms with Crippen molar-refractivity contribution in [2.24, 2.45) is 0 Å². The molecule has 1 heterocycles. The van der Waals surface area contributed by atoms with E-state index in [0.29, 0.717) is 18.9 Å². The highest BCUT2D eigenvalue weighted by Crippen LogP contribution is 2.26. The van der Waals surface area contributed by atoms with Crippen LogP contribution in [0.15, 0.2) is 48.5 Å². The predicted octanol–water partition coefficient (Wildman–Crippen LogP) is 3.35. The fourth-order valence-corrected chi connectivity index (χ4v) is 3.60. The summed E-state index contributed by atoms with van der Waals surface area (Å²) in [5.74, 6) is -0.123. The molecule has 0 radical (unpaired) electrons. The topological polar surface area (TPSA) is 58.6 Å². The predicted molar refractivity (Wildman–Crippen MR) is 106 cm³/mol. The van der Waals surface area contributed by atoms with Crippen LogP contribution >= 0.6 is 0 Å². The number of anilines is 1. The van der Waals surface area contributed by atoms with Crippen molar-refractivity contribution in [3.8, 4) is 0 Å². The van der Waals surface area contributed by atoms with Gasteiger partial charge in [0.2, 0.25) is 5.91 Å². The van der Waals surface area contributed by atoms with Crippen molar-refractivity contribution in [1.82, 2.24) is 4.90 Å². The Bertz CT molecular complexity index is 832. The minimum absolute atomic E-state index is 0.128. The van der Waals surface area contributed by atoms with E-state index >= 15 is 0 Å². The van der Waals surface area contributed by atoms with Gasteiger partial charge in [0, 0.05) is 12.2 Å². The number of carbonyl (C=O) groups excluding carboxylic acids is 2. The molecule has 1 atom stereocenters. The smallest absolute Gasteiger partial charge is 0.323 e. The Morgan fingerprint density at radius 1 is 1.11 bits per heavy atom. The molecule has 5 nitrogen and oxygen atoms in total. The monoisotopic (exact) mass is 366 g/mol. The largest absolute Gasteiger partial charge is 0.468 e. The van der Waals surface area contributed by atoms with E-state index in [1.807, 2.05) is 53.4 Å². The van der Waals surface area contributed by atoms with Crippen LogP contribution in [0.3, 0.4) is 0 Å². The highest BCUT2D eigenvalue weighted by atomic mass is 16.5. The van der Waals surface area contributed by atoms with Gasteiger partial charge in [0.25, 0.3) is 0 Å².